The van der Waals surface area contributed by atoms with Crippen LogP contribution in [0.4, 0.5) is 0 Å². The molecule has 0 amide bonds. The van der Waals surface area contributed by atoms with Gasteiger partial charge in [0.25, 0.3) is 0 Å². The molecule has 0 fully saturated rings. The molecule has 0 aliphatic rings. The first-order valence-corrected chi connectivity index (χ1v) is 3.69. The molecule has 2 nitrogen and oxygen atoms in total. The van der Waals surface area contributed by atoms with Crippen LogP contribution < -0.4 is 2.81 Å². The number of hydrogen-bond acceptors (Lipinski definition) is 2. The van der Waals surface area contributed by atoms with Crippen LogP contribution in [0.3, 0.4) is 0 Å². The number of hydrogen-bond donors (Lipinski definition) is 2. The van der Waals surface area contributed by atoms with Crippen molar-refractivity contribution in [3.63, 3.8) is 0 Å². The minimum absolute atomic E-state index is 0.0255. The van der Waals surface area contributed by atoms with Gasteiger partial charge in [-0.3, -0.25) is 0 Å². The maximum atomic E-state index is 8.87. The number of phenols is 2. The normalized spacial score (nSPS) is 9.56. The molecule has 0 saturated heterocycles. The van der Waals surface area contributed by atoms with Crippen molar-refractivity contribution >= 4 is 30.7 Å². The Labute approximate surface area is 70.6 Å². The van der Waals surface area contributed by atoms with E-state index in [9.17, 15) is 0 Å². The van der Waals surface area contributed by atoms with Crippen LogP contribution in [0.2, 0.25) is 0 Å². The summed E-state index contributed by atoms with van der Waals surface area (Å²) >= 11 is 0.899. The zero-order chi connectivity index (χ0) is 6.85. The first kappa shape index (κ1) is 6.93. The fourth-order valence-electron chi connectivity index (χ4n) is 0.633. The fraction of sp³-hybridized carbons (Fsp3) is 0. The molecular weight excluding hydrogens is 127 g/mol. The van der Waals surface area contributed by atoms with Gasteiger partial charge in [-0.1, -0.05) is 0 Å². The standard InChI is InChI=1S/C6H5O2.Na/c7-5-3-1-2-4-6(5)8;/h1,3-4,7-8H;. The molecule has 0 radical (unpaired) electrons. The molecule has 0 atom stereocenters. The van der Waals surface area contributed by atoms with Gasteiger partial charge in [-0.15, -0.1) is 0 Å². The van der Waals surface area contributed by atoms with Gasteiger partial charge in [0.1, 0.15) is 0 Å². The maximum absolute atomic E-state index is 8.87. The number of rotatable bonds is 0. The third-order valence-electron chi connectivity index (χ3n) is 1.13. The molecule has 0 bridgehead atoms. The second-order valence-electron chi connectivity index (χ2n) is 1.99. The fourth-order valence-corrected chi connectivity index (χ4v) is 1.07. The summed E-state index contributed by atoms with van der Waals surface area (Å²) in [4.78, 5) is 0. The summed E-state index contributed by atoms with van der Waals surface area (Å²) in [5, 5.41) is 17.7. The van der Waals surface area contributed by atoms with Gasteiger partial charge in [0, 0.05) is 0 Å². The Balaban J connectivity index is 3.17. The second kappa shape index (κ2) is 2.60. The Bertz CT molecular complexity index is 222. The second-order valence-corrected chi connectivity index (χ2v) is 3.15. The molecule has 3 heteroatoms. The summed E-state index contributed by atoms with van der Waals surface area (Å²) < 4.78 is 1.07. The Morgan fingerprint density at radius 2 is 1.78 bits per heavy atom. The number of phenolic OH excluding ortho intramolecular Hbond substituents is 2. The summed E-state index contributed by atoms with van der Waals surface area (Å²) in [6, 6.07) is 4.86. The van der Waals surface area contributed by atoms with Crippen molar-refractivity contribution in [1.82, 2.24) is 0 Å². The van der Waals surface area contributed by atoms with Crippen molar-refractivity contribution in [3.05, 3.63) is 18.2 Å². The molecular formula is C6H5NaO2. The van der Waals surface area contributed by atoms with E-state index in [4.69, 9.17) is 10.2 Å². The monoisotopic (exact) mass is 132 g/mol. The molecule has 0 unspecified atom stereocenters. The van der Waals surface area contributed by atoms with Gasteiger partial charge < -0.3 is 0 Å². The van der Waals surface area contributed by atoms with E-state index >= 15 is 0 Å². The quantitative estimate of drug-likeness (QED) is 0.382. The molecule has 0 spiro atoms. The van der Waals surface area contributed by atoms with E-state index in [1.165, 1.54) is 6.07 Å². The van der Waals surface area contributed by atoms with Crippen LogP contribution in [-0.4, -0.2) is 38.1 Å². The van der Waals surface area contributed by atoms with Crippen molar-refractivity contribution in [1.29, 1.82) is 0 Å². The molecule has 0 heterocycles. The predicted molar refractivity (Wildman–Crippen MR) is 35.2 cm³/mol. The molecule has 1 aromatic rings. The molecule has 9 heavy (non-hydrogen) atoms. The Morgan fingerprint density at radius 3 is 2.22 bits per heavy atom. The van der Waals surface area contributed by atoms with E-state index in [1.54, 1.807) is 12.1 Å². The van der Waals surface area contributed by atoms with E-state index in [0.717, 1.165) is 30.7 Å². The topological polar surface area (TPSA) is 40.5 Å². The van der Waals surface area contributed by atoms with Crippen LogP contribution in [0, 0.1) is 0 Å². The molecule has 42 valence electrons. The SMILES string of the molecule is Oc1cc[c]([Na])cc1O. The van der Waals surface area contributed by atoms with Crippen LogP contribution >= 0.6 is 0 Å². The Hall–Kier alpha value is -0.180. The van der Waals surface area contributed by atoms with Gasteiger partial charge in [0.2, 0.25) is 0 Å². The van der Waals surface area contributed by atoms with Crippen molar-refractivity contribution < 1.29 is 10.2 Å². The van der Waals surface area contributed by atoms with Crippen molar-refractivity contribution in [2.45, 2.75) is 0 Å². The summed E-state index contributed by atoms with van der Waals surface area (Å²) in [7, 11) is 0. The molecule has 0 saturated carbocycles. The van der Waals surface area contributed by atoms with E-state index in [2.05, 4.69) is 0 Å². The van der Waals surface area contributed by atoms with Crippen LogP contribution in [0.15, 0.2) is 18.2 Å². The van der Waals surface area contributed by atoms with Crippen LogP contribution in [0.25, 0.3) is 0 Å². The zero-order valence-electron chi connectivity index (χ0n) is 5.13. The van der Waals surface area contributed by atoms with E-state index in [0.29, 0.717) is 0 Å². The summed E-state index contributed by atoms with van der Waals surface area (Å²) in [5.41, 5.74) is 0. The first-order chi connectivity index (χ1) is 4.20. The molecule has 0 aliphatic heterocycles. The summed E-state index contributed by atoms with van der Waals surface area (Å²) in [6.45, 7) is 0. The van der Waals surface area contributed by atoms with Crippen molar-refractivity contribution in [2.24, 2.45) is 0 Å². The third kappa shape index (κ3) is 1.61. The van der Waals surface area contributed by atoms with Gasteiger partial charge in [-0.05, 0) is 0 Å². The Kier molecular flexibility index (Phi) is 2.01. The number of benzene rings is 1. The van der Waals surface area contributed by atoms with E-state index < -0.39 is 0 Å². The predicted octanol–water partition coefficient (Wildman–Crippen LogP) is -0.108. The van der Waals surface area contributed by atoms with Crippen LogP contribution in [0.5, 0.6) is 11.5 Å². The minimum atomic E-state index is -0.0467. The zero-order valence-corrected chi connectivity index (χ0v) is 7.13. The van der Waals surface area contributed by atoms with Gasteiger partial charge in [0.15, 0.2) is 0 Å². The molecule has 1 rings (SSSR count). The molecule has 2 N–H and O–H groups in total. The van der Waals surface area contributed by atoms with Crippen molar-refractivity contribution in [2.75, 3.05) is 0 Å². The molecule has 0 aromatic heterocycles. The third-order valence-corrected chi connectivity index (χ3v) is 1.75. The average Bonchev–Trinajstić information content (AvgIpc) is 1.80. The van der Waals surface area contributed by atoms with E-state index in [-0.39, 0.29) is 11.5 Å². The van der Waals surface area contributed by atoms with Gasteiger partial charge in [-0.25, -0.2) is 0 Å². The summed E-state index contributed by atoms with van der Waals surface area (Å²) in [6.07, 6.45) is 0. The first-order valence-electron chi connectivity index (χ1n) is 2.69. The van der Waals surface area contributed by atoms with Crippen LogP contribution in [0.1, 0.15) is 0 Å². The van der Waals surface area contributed by atoms with Crippen LogP contribution in [-0.2, 0) is 0 Å². The van der Waals surface area contributed by atoms with Gasteiger partial charge in [0.05, 0.1) is 0 Å². The average molecular weight is 132 g/mol. The van der Waals surface area contributed by atoms with Gasteiger partial charge >= 0.3 is 70.7 Å². The molecule has 0 aliphatic carbocycles. The summed E-state index contributed by atoms with van der Waals surface area (Å²) in [5.74, 6) is -0.0721. The Morgan fingerprint density at radius 1 is 1.11 bits per heavy atom. The van der Waals surface area contributed by atoms with E-state index in [1.807, 2.05) is 0 Å². The number of aromatic hydroxyl groups is 2. The van der Waals surface area contributed by atoms with Gasteiger partial charge in [-0.2, -0.15) is 0 Å². The van der Waals surface area contributed by atoms with Crippen molar-refractivity contribution in [3.8, 4) is 11.5 Å². The molecule has 1 aromatic carbocycles.